The minimum atomic E-state index is 0.0620. The third-order valence-electron chi connectivity index (χ3n) is 6.81. The molecule has 0 aliphatic carbocycles. The van der Waals surface area contributed by atoms with Crippen molar-refractivity contribution in [2.24, 2.45) is 0 Å². The Hall–Kier alpha value is -4.69. The molecule has 0 N–H and O–H groups in total. The summed E-state index contributed by atoms with van der Waals surface area (Å²) >= 11 is 0. The summed E-state index contributed by atoms with van der Waals surface area (Å²) in [5, 5.41) is 0. The topological polar surface area (TPSA) is 20.3 Å². The number of benzene rings is 5. The number of rotatable bonds is 7. The van der Waals surface area contributed by atoms with Crippen LogP contribution in [0.25, 0.3) is 17.2 Å². The van der Waals surface area contributed by atoms with Crippen molar-refractivity contribution in [1.29, 1.82) is 0 Å². The number of carbonyl (C=O) groups is 1. The minimum Gasteiger partial charge on any atom is -0.311 e. The molecule has 0 saturated heterocycles. The molecule has 0 amide bonds. The van der Waals surface area contributed by atoms with Gasteiger partial charge in [-0.05, 0) is 91.1 Å². The molecular weight excluding hydrogens is 462 g/mol. The van der Waals surface area contributed by atoms with E-state index in [9.17, 15) is 4.79 Å². The van der Waals surface area contributed by atoms with Crippen LogP contribution in [0.5, 0.6) is 0 Å². The number of nitrogens with zero attached hydrogens (tertiary/aromatic N) is 1. The zero-order valence-electron chi connectivity index (χ0n) is 22.1. The molecule has 0 saturated carbocycles. The first-order valence-corrected chi connectivity index (χ1v) is 12.9. The minimum absolute atomic E-state index is 0.0620. The van der Waals surface area contributed by atoms with Crippen LogP contribution in [0.4, 0.5) is 17.1 Å². The molecule has 0 aliphatic rings. The second-order valence-corrected chi connectivity index (χ2v) is 9.65. The molecule has 5 aromatic carbocycles. The summed E-state index contributed by atoms with van der Waals surface area (Å²) in [7, 11) is 0. The molecule has 0 aromatic heterocycles. The number of anilines is 3. The van der Waals surface area contributed by atoms with Crippen LogP contribution in [0.15, 0.2) is 133 Å². The Kier molecular flexibility index (Phi) is 7.33. The molecule has 38 heavy (non-hydrogen) atoms. The Balaban J connectivity index is 1.46. The molecule has 5 rings (SSSR count). The lowest BCUT2D eigenvalue weighted by atomic mass is 9.98. The van der Waals surface area contributed by atoms with E-state index in [-0.39, 0.29) is 5.78 Å². The van der Waals surface area contributed by atoms with Crippen molar-refractivity contribution < 1.29 is 4.79 Å². The molecule has 5 aromatic rings. The highest BCUT2D eigenvalue weighted by molar-refractivity contribution is 6.11. The van der Waals surface area contributed by atoms with Gasteiger partial charge in [0.25, 0.3) is 0 Å². The van der Waals surface area contributed by atoms with E-state index in [1.807, 2.05) is 50.3 Å². The van der Waals surface area contributed by atoms with Crippen molar-refractivity contribution >= 4 is 28.9 Å². The van der Waals surface area contributed by atoms with E-state index in [4.69, 9.17) is 0 Å². The monoisotopic (exact) mass is 493 g/mol. The van der Waals surface area contributed by atoms with Gasteiger partial charge in [0.1, 0.15) is 0 Å². The summed E-state index contributed by atoms with van der Waals surface area (Å²) in [5.41, 5.74) is 10.3. The molecule has 0 fully saturated rings. The van der Waals surface area contributed by atoms with Gasteiger partial charge in [-0.25, -0.2) is 0 Å². The Bertz CT molecular complexity index is 1560. The number of allylic oxidation sites excluding steroid dienone is 1. The molecule has 0 bridgehead atoms. The number of hydrogen-bond donors (Lipinski definition) is 0. The van der Waals surface area contributed by atoms with E-state index in [2.05, 4.69) is 109 Å². The van der Waals surface area contributed by atoms with Crippen molar-refractivity contribution in [1.82, 2.24) is 0 Å². The van der Waals surface area contributed by atoms with E-state index in [1.54, 1.807) is 0 Å². The van der Waals surface area contributed by atoms with E-state index >= 15 is 0 Å². The van der Waals surface area contributed by atoms with Crippen LogP contribution in [-0.2, 0) is 0 Å². The summed E-state index contributed by atoms with van der Waals surface area (Å²) in [6.07, 6.45) is 1.96. The highest BCUT2D eigenvalue weighted by atomic mass is 16.1. The van der Waals surface area contributed by atoms with Gasteiger partial charge in [-0.2, -0.15) is 0 Å². The largest absolute Gasteiger partial charge is 0.311 e. The maximum absolute atomic E-state index is 13.0. The van der Waals surface area contributed by atoms with Crippen LogP contribution in [-0.4, -0.2) is 5.78 Å². The molecule has 186 valence electrons. The maximum Gasteiger partial charge on any atom is 0.189 e. The van der Waals surface area contributed by atoms with Gasteiger partial charge in [-0.3, -0.25) is 4.79 Å². The number of Topliss-reactive ketones (excluding diaryl/α,β-unsaturated/α-hetero) is 1. The quantitative estimate of drug-likeness (QED) is 0.166. The second-order valence-electron chi connectivity index (χ2n) is 9.65. The number of ketones is 1. The summed E-state index contributed by atoms with van der Waals surface area (Å²) in [6.45, 7) is 5.96. The van der Waals surface area contributed by atoms with Crippen LogP contribution >= 0.6 is 0 Å². The molecule has 0 heterocycles. The van der Waals surface area contributed by atoms with Crippen LogP contribution in [0.1, 0.15) is 34.0 Å². The van der Waals surface area contributed by atoms with E-state index < -0.39 is 0 Å². The Labute approximate surface area is 225 Å². The van der Waals surface area contributed by atoms with Gasteiger partial charge in [0.2, 0.25) is 0 Å². The first-order valence-electron chi connectivity index (χ1n) is 12.9. The molecule has 0 unspecified atom stereocenters. The lowest BCUT2D eigenvalue weighted by molar-refractivity contribution is 0.103. The average molecular weight is 494 g/mol. The Morgan fingerprint density at radius 1 is 0.579 bits per heavy atom. The predicted molar refractivity (Wildman–Crippen MR) is 160 cm³/mol. The highest BCUT2D eigenvalue weighted by Gasteiger charge is 2.14. The number of carbonyl (C=O) groups excluding carboxylic acids is 1. The van der Waals surface area contributed by atoms with Crippen LogP contribution in [0.3, 0.4) is 0 Å². The Morgan fingerprint density at radius 3 is 1.68 bits per heavy atom. The molecule has 2 nitrogen and oxygen atoms in total. The summed E-state index contributed by atoms with van der Waals surface area (Å²) in [4.78, 5) is 15.3. The summed E-state index contributed by atoms with van der Waals surface area (Å²) in [5.74, 6) is 0.0620. The molecular formula is C36H31NO. The maximum atomic E-state index is 13.0. The van der Waals surface area contributed by atoms with Crippen molar-refractivity contribution in [3.8, 4) is 11.1 Å². The first kappa shape index (κ1) is 25.0. The zero-order chi connectivity index (χ0) is 26.5. The van der Waals surface area contributed by atoms with Gasteiger partial charge in [-0.1, -0.05) is 96.6 Å². The van der Waals surface area contributed by atoms with Gasteiger partial charge in [-0.15, -0.1) is 0 Å². The van der Waals surface area contributed by atoms with Crippen molar-refractivity contribution in [2.75, 3.05) is 4.90 Å². The molecule has 0 aliphatic heterocycles. The molecule has 2 heteroatoms. The van der Waals surface area contributed by atoms with Gasteiger partial charge in [0, 0.05) is 22.6 Å². The smallest absolute Gasteiger partial charge is 0.189 e. The van der Waals surface area contributed by atoms with E-state index in [1.165, 1.54) is 16.7 Å². The van der Waals surface area contributed by atoms with Crippen molar-refractivity contribution in [2.45, 2.75) is 20.8 Å². The van der Waals surface area contributed by atoms with Crippen LogP contribution < -0.4 is 4.90 Å². The predicted octanol–water partition coefficient (Wildman–Crippen LogP) is 9.73. The standard InChI is InChI=1S/C36H31NO/c1-26-13-19-32(20-14-26)37(34-23-17-31(18-24-34)30-10-5-4-6-11-30)33-21-15-29(16-22-33)25-28(3)36(38)35-12-8-7-9-27(35)2/h4-25H,1-3H3. The van der Waals surface area contributed by atoms with Gasteiger partial charge >= 0.3 is 0 Å². The highest BCUT2D eigenvalue weighted by Crippen LogP contribution is 2.36. The SMILES string of the molecule is CC(=Cc1ccc(N(c2ccc(C)cc2)c2ccc(-c3ccccc3)cc2)cc1)C(=O)c1ccccc1C. The third-order valence-corrected chi connectivity index (χ3v) is 6.81. The first-order chi connectivity index (χ1) is 18.5. The number of hydrogen-bond acceptors (Lipinski definition) is 2. The summed E-state index contributed by atoms with van der Waals surface area (Å²) < 4.78 is 0. The van der Waals surface area contributed by atoms with E-state index in [0.29, 0.717) is 0 Å². The lowest BCUT2D eigenvalue weighted by Crippen LogP contribution is -2.09. The fraction of sp³-hybridized carbons (Fsp3) is 0.0833. The van der Waals surface area contributed by atoms with Crippen molar-refractivity contribution in [3.05, 3.63) is 155 Å². The zero-order valence-corrected chi connectivity index (χ0v) is 22.1. The third kappa shape index (κ3) is 5.50. The fourth-order valence-corrected chi connectivity index (χ4v) is 4.65. The van der Waals surface area contributed by atoms with Gasteiger partial charge in [0.15, 0.2) is 5.78 Å². The normalized spacial score (nSPS) is 11.3. The van der Waals surface area contributed by atoms with Gasteiger partial charge in [0.05, 0.1) is 0 Å². The second kappa shape index (κ2) is 11.1. The van der Waals surface area contributed by atoms with Crippen LogP contribution in [0, 0.1) is 13.8 Å². The number of aryl methyl sites for hydroxylation is 2. The summed E-state index contributed by atoms with van der Waals surface area (Å²) in [6, 6.07) is 43.8. The molecule has 0 spiro atoms. The lowest BCUT2D eigenvalue weighted by Gasteiger charge is -2.26. The van der Waals surface area contributed by atoms with Crippen LogP contribution in [0.2, 0.25) is 0 Å². The molecule has 0 atom stereocenters. The van der Waals surface area contributed by atoms with E-state index in [0.717, 1.165) is 39.3 Å². The van der Waals surface area contributed by atoms with Crippen molar-refractivity contribution in [3.63, 3.8) is 0 Å². The van der Waals surface area contributed by atoms with Gasteiger partial charge < -0.3 is 4.90 Å². The fourth-order valence-electron chi connectivity index (χ4n) is 4.65. The Morgan fingerprint density at radius 2 is 1.08 bits per heavy atom. The molecule has 0 radical (unpaired) electrons. The average Bonchev–Trinajstić information content (AvgIpc) is 2.96.